The van der Waals surface area contributed by atoms with Crippen molar-refractivity contribution in [3.8, 4) is 28.1 Å². The molecule has 0 saturated carbocycles. The lowest BCUT2D eigenvalue weighted by Gasteiger charge is -2.09. The van der Waals surface area contributed by atoms with E-state index in [1.54, 1.807) is 13.2 Å². The van der Waals surface area contributed by atoms with E-state index in [9.17, 15) is 18.0 Å². The number of aromatic amines is 1. The van der Waals surface area contributed by atoms with Gasteiger partial charge in [-0.1, -0.05) is 54.6 Å². The summed E-state index contributed by atoms with van der Waals surface area (Å²) >= 11 is 0. The third kappa shape index (κ3) is 3.48. The normalized spacial score (nSPS) is 12.0. The van der Waals surface area contributed by atoms with Crippen molar-refractivity contribution in [3.63, 3.8) is 0 Å². The molecule has 6 rings (SSSR count). The van der Waals surface area contributed by atoms with Crippen LogP contribution in [0.2, 0.25) is 0 Å². The van der Waals surface area contributed by atoms with Crippen LogP contribution in [0.1, 0.15) is 5.56 Å². The van der Waals surface area contributed by atoms with Crippen molar-refractivity contribution in [2.75, 3.05) is 0 Å². The zero-order valence-corrected chi connectivity index (χ0v) is 18.9. The molecule has 178 valence electrons. The maximum absolute atomic E-state index is 13.7. The molecular formula is C27H18F3N5O. The SMILES string of the molecule is Cn1ncc2c3[nH]n(-c4ccc(-c5ccccc5)cc4)c(=O)c3c(-c3cccc(C(F)(F)F)c3)nc21. The first-order valence-electron chi connectivity index (χ1n) is 11.1. The van der Waals surface area contributed by atoms with Crippen LogP contribution < -0.4 is 5.56 Å². The number of hydrogen-bond acceptors (Lipinski definition) is 3. The molecule has 0 fully saturated rings. The molecule has 3 heterocycles. The van der Waals surface area contributed by atoms with Crippen LogP contribution in [-0.4, -0.2) is 24.5 Å². The number of aromatic nitrogens is 5. The number of rotatable bonds is 3. The molecule has 0 bridgehead atoms. The van der Waals surface area contributed by atoms with Gasteiger partial charge in [0, 0.05) is 12.6 Å². The molecule has 0 atom stereocenters. The topological polar surface area (TPSA) is 68.5 Å². The quantitative estimate of drug-likeness (QED) is 0.337. The molecule has 0 radical (unpaired) electrons. The van der Waals surface area contributed by atoms with Gasteiger partial charge in [-0.15, -0.1) is 0 Å². The van der Waals surface area contributed by atoms with Crippen molar-refractivity contribution in [2.45, 2.75) is 6.18 Å². The Morgan fingerprint density at radius 1 is 0.861 bits per heavy atom. The van der Waals surface area contributed by atoms with Crippen LogP contribution in [0, 0.1) is 0 Å². The van der Waals surface area contributed by atoms with Crippen molar-refractivity contribution in [1.29, 1.82) is 0 Å². The molecule has 0 aliphatic heterocycles. The zero-order chi connectivity index (χ0) is 25.0. The van der Waals surface area contributed by atoms with Gasteiger partial charge in [0.2, 0.25) is 0 Å². The van der Waals surface area contributed by atoms with Crippen LogP contribution in [0.15, 0.2) is 89.9 Å². The van der Waals surface area contributed by atoms with E-state index in [0.29, 0.717) is 22.2 Å². The van der Waals surface area contributed by atoms with E-state index in [2.05, 4.69) is 15.2 Å². The number of fused-ring (bicyclic) bond motifs is 3. The third-order valence-corrected chi connectivity index (χ3v) is 6.22. The Morgan fingerprint density at radius 2 is 1.56 bits per heavy atom. The lowest BCUT2D eigenvalue weighted by molar-refractivity contribution is -0.137. The molecule has 0 aliphatic carbocycles. The Bertz CT molecular complexity index is 1800. The van der Waals surface area contributed by atoms with E-state index in [-0.39, 0.29) is 16.6 Å². The minimum Gasteiger partial charge on any atom is -0.289 e. The maximum Gasteiger partial charge on any atom is 0.416 e. The molecule has 0 spiro atoms. The summed E-state index contributed by atoms with van der Waals surface area (Å²) in [5, 5.41) is 8.17. The summed E-state index contributed by atoms with van der Waals surface area (Å²) in [5.74, 6) is 0. The second kappa shape index (κ2) is 7.94. The molecule has 3 aromatic carbocycles. The predicted molar refractivity (Wildman–Crippen MR) is 132 cm³/mol. The number of hydrogen-bond donors (Lipinski definition) is 1. The fourth-order valence-electron chi connectivity index (χ4n) is 4.42. The number of benzene rings is 3. The number of pyridine rings is 1. The van der Waals surface area contributed by atoms with E-state index in [4.69, 9.17) is 0 Å². The molecule has 0 saturated heterocycles. The highest BCUT2D eigenvalue weighted by Crippen LogP contribution is 2.35. The Balaban J connectivity index is 1.58. The number of H-pyrrole nitrogens is 1. The Kier molecular flexibility index (Phi) is 4.82. The molecule has 36 heavy (non-hydrogen) atoms. The van der Waals surface area contributed by atoms with Crippen molar-refractivity contribution in [1.82, 2.24) is 24.5 Å². The van der Waals surface area contributed by atoms with Gasteiger partial charge in [0.1, 0.15) is 0 Å². The lowest BCUT2D eigenvalue weighted by Crippen LogP contribution is -2.14. The zero-order valence-electron chi connectivity index (χ0n) is 18.9. The smallest absolute Gasteiger partial charge is 0.289 e. The van der Waals surface area contributed by atoms with Crippen LogP contribution >= 0.6 is 0 Å². The van der Waals surface area contributed by atoms with Gasteiger partial charge in [0.05, 0.1) is 39.4 Å². The summed E-state index contributed by atoms with van der Waals surface area (Å²) in [4.78, 5) is 18.2. The largest absolute Gasteiger partial charge is 0.416 e. The number of nitrogens with one attached hydrogen (secondary N) is 1. The average molecular weight is 485 g/mol. The monoisotopic (exact) mass is 485 g/mol. The van der Waals surface area contributed by atoms with Crippen LogP contribution in [0.3, 0.4) is 0 Å². The summed E-state index contributed by atoms with van der Waals surface area (Å²) in [5.41, 5.74) is 2.65. The number of aryl methyl sites for hydroxylation is 1. The highest BCUT2D eigenvalue weighted by Gasteiger charge is 2.31. The first-order chi connectivity index (χ1) is 17.3. The van der Waals surface area contributed by atoms with Crippen LogP contribution in [-0.2, 0) is 13.2 Å². The molecule has 0 aliphatic rings. The molecule has 6 nitrogen and oxygen atoms in total. The number of nitrogens with zero attached hydrogens (tertiary/aromatic N) is 4. The van der Waals surface area contributed by atoms with Crippen molar-refractivity contribution >= 4 is 21.9 Å². The average Bonchev–Trinajstić information content (AvgIpc) is 3.44. The Labute approximate surface area is 202 Å². The minimum atomic E-state index is -4.52. The number of halogens is 3. The van der Waals surface area contributed by atoms with E-state index < -0.39 is 17.3 Å². The molecule has 6 aromatic rings. The summed E-state index contributed by atoms with van der Waals surface area (Å²) in [7, 11) is 1.69. The van der Waals surface area contributed by atoms with E-state index in [1.165, 1.54) is 21.5 Å². The molecule has 1 N–H and O–H groups in total. The van der Waals surface area contributed by atoms with Gasteiger partial charge in [0.25, 0.3) is 5.56 Å². The summed E-state index contributed by atoms with van der Waals surface area (Å²) < 4.78 is 43.2. The maximum atomic E-state index is 13.7. The van der Waals surface area contributed by atoms with Crippen molar-refractivity contribution < 1.29 is 13.2 Å². The van der Waals surface area contributed by atoms with Gasteiger partial charge in [-0.2, -0.15) is 18.3 Å². The summed E-state index contributed by atoms with van der Waals surface area (Å²) in [6.07, 6.45) is -2.94. The number of alkyl halides is 3. The highest BCUT2D eigenvalue weighted by atomic mass is 19.4. The molecule has 0 unspecified atom stereocenters. The molecule has 9 heteroatoms. The van der Waals surface area contributed by atoms with Gasteiger partial charge in [-0.05, 0) is 35.4 Å². The first-order valence-corrected chi connectivity index (χ1v) is 11.1. The van der Waals surface area contributed by atoms with E-state index in [1.807, 2.05) is 54.6 Å². The van der Waals surface area contributed by atoms with E-state index >= 15 is 0 Å². The fraction of sp³-hybridized carbons (Fsp3) is 0.0741. The van der Waals surface area contributed by atoms with Gasteiger partial charge in [0.15, 0.2) is 5.65 Å². The fourth-order valence-corrected chi connectivity index (χ4v) is 4.42. The van der Waals surface area contributed by atoms with Crippen LogP contribution in [0.5, 0.6) is 0 Å². The van der Waals surface area contributed by atoms with Gasteiger partial charge in [-0.25, -0.2) is 9.67 Å². The Morgan fingerprint density at radius 3 is 2.28 bits per heavy atom. The summed E-state index contributed by atoms with van der Waals surface area (Å²) in [6.45, 7) is 0. The first kappa shape index (κ1) is 21.8. The molecule has 3 aromatic heterocycles. The third-order valence-electron chi connectivity index (χ3n) is 6.22. The van der Waals surface area contributed by atoms with Crippen molar-refractivity contribution in [3.05, 3.63) is 101 Å². The minimum absolute atomic E-state index is 0.160. The van der Waals surface area contributed by atoms with Gasteiger partial charge < -0.3 is 0 Å². The standard InChI is InChI=1S/C27H18F3N5O/c1-34-25-21(15-31-34)24-22(23(32-25)18-8-5-9-19(14-18)27(28,29)30)26(36)35(33-24)20-12-10-17(11-13-20)16-6-3-2-4-7-16/h2-15,33H,1H3. The van der Waals surface area contributed by atoms with Gasteiger partial charge in [-0.3, -0.25) is 14.6 Å². The van der Waals surface area contributed by atoms with E-state index in [0.717, 1.165) is 23.3 Å². The van der Waals surface area contributed by atoms with Gasteiger partial charge >= 0.3 is 6.18 Å². The highest BCUT2D eigenvalue weighted by molar-refractivity contribution is 6.07. The second-order valence-electron chi connectivity index (χ2n) is 8.46. The van der Waals surface area contributed by atoms with Crippen LogP contribution in [0.25, 0.3) is 50.0 Å². The molecular weight excluding hydrogens is 467 g/mol. The molecule has 0 amide bonds. The van der Waals surface area contributed by atoms with Crippen LogP contribution in [0.4, 0.5) is 13.2 Å². The Hall–Kier alpha value is -4.66. The van der Waals surface area contributed by atoms with Crippen molar-refractivity contribution in [2.24, 2.45) is 7.05 Å². The lowest BCUT2D eigenvalue weighted by atomic mass is 10.0. The predicted octanol–water partition coefficient (Wildman–Crippen LogP) is 5.95. The second-order valence-corrected chi connectivity index (χ2v) is 8.46. The summed E-state index contributed by atoms with van der Waals surface area (Å²) in [6, 6.07) is 22.1.